The number of Topliss-reactive ketones (excluding diaryl/α,β-unsaturated/α-hetero) is 1. The topological polar surface area (TPSA) is 57.5 Å². The van der Waals surface area contributed by atoms with Crippen molar-refractivity contribution in [3.63, 3.8) is 0 Å². The number of rotatable bonds is 2. The largest absolute Gasteiger partial charge is 0.396 e. The highest BCUT2D eigenvalue weighted by Gasteiger charge is 2.72. The summed E-state index contributed by atoms with van der Waals surface area (Å²) in [5.74, 6) is 2.64. The first-order chi connectivity index (χ1) is 15.3. The van der Waals surface area contributed by atoms with Crippen molar-refractivity contribution in [3.05, 3.63) is 12.2 Å². The van der Waals surface area contributed by atoms with E-state index in [-0.39, 0.29) is 38.8 Å². The standard InChI is InChI=1S/C30H48O3/c1-18(2)19-10-13-30(17-31)15-14-27(5)20(25(19)30)8-9-22-28(27,6)12-11-21-26(3,4)23(32)16-24(33)29(21,22)7/h19-22,24-25,31,33H,1,8-17H2,2-7H3. The Morgan fingerprint density at radius 2 is 1.64 bits per heavy atom. The van der Waals surface area contributed by atoms with Crippen LogP contribution in [0, 0.1) is 56.7 Å². The molecular formula is C30H48O3. The number of hydrogen-bond acceptors (Lipinski definition) is 3. The molecule has 3 nitrogen and oxygen atoms in total. The number of carbonyl (C=O) groups is 1. The maximum atomic E-state index is 13.0. The second kappa shape index (κ2) is 7.19. The van der Waals surface area contributed by atoms with Crippen LogP contribution in [0.3, 0.4) is 0 Å². The van der Waals surface area contributed by atoms with Gasteiger partial charge < -0.3 is 10.2 Å². The Bertz CT molecular complexity index is 861. The van der Waals surface area contributed by atoms with Crippen LogP contribution < -0.4 is 0 Å². The highest BCUT2D eigenvalue weighted by atomic mass is 16.3. The third-order valence-electron chi connectivity index (χ3n) is 13.4. The monoisotopic (exact) mass is 456 g/mol. The molecule has 5 aliphatic rings. The third-order valence-corrected chi connectivity index (χ3v) is 13.4. The van der Waals surface area contributed by atoms with Gasteiger partial charge in [0.05, 0.1) is 6.10 Å². The summed E-state index contributed by atoms with van der Waals surface area (Å²) in [6, 6.07) is 0. The average molecular weight is 457 g/mol. The molecule has 0 aliphatic heterocycles. The zero-order valence-electron chi connectivity index (χ0n) is 22.0. The van der Waals surface area contributed by atoms with Crippen molar-refractivity contribution >= 4 is 5.78 Å². The summed E-state index contributed by atoms with van der Waals surface area (Å²) in [6.45, 7) is 18.7. The molecule has 5 saturated carbocycles. The van der Waals surface area contributed by atoms with E-state index in [0.29, 0.717) is 36.7 Å². The fourth-order valence-corrected chi connectivity index (χ4v) is 11.3. The Kier molecular flexibility index (Phi) is 5.24. The zero-order valence-corrected chi connectivity index (χ0v) is 22.0. The molecular weight excluding hydrogens is 408 g/mol. The molecule has 5 rings (SSSR count). The van der Waals surface area contributed by atoms with Gasteiger partial charge in [-0.05, 0) is 104 Å². The van der Waals surface area contributed by atoms with E-state index in [1.165, 1.54) is 24.8 Å². The first-order valence-corrected chi connectivity index (χ1v) is 13.8. The van der Waals surface area contributed by atoms with Crippen molar-refractivity contribution in [2.75, 3.05) is 6.61 Å². The molecule has 0 spiro atoms. The fourth-order valence-electron chi connectivity index (χ4n) is 11.3. The van der Waals surface area contributed by atoms with Crippen LogP contribution in [0.2, 0.25) is 0 Å². The molecule has 0 bridgehead atoms. The predicted molar refractivity (Wildman–Crippen MR) is 132 cm³/mol. The van der Waals surface area contributed by atoms with Crippen molar-refractivity contribution in [1.82, 2.24) is 0 Å². The molecule has 2 N–H and O–H groups in total. The van der Waals surface area contributed by atoms with Crippen LogP contribution >= 0.6 is 0 Å². The van der Waals surface area contributed by atoms with Gasteiger partial charge in [-0.2, -0.15) is 0 Å². The van der Waals surface area contributed by atoms with Gasteiger partial charge in [-0.25, -0.2) is 0 Å². The van der Waals surface area contributed by atoms with E-state index >= 15 is 0 Å². The van der Waals surface area contributed by atoms with Crippen LogP contribution in [-0.4, -0.2) is 28.7 Å². The summed E-state index contributed by atoms with van der Waals surface area (Å²) in [6.07, 6.45) is 8.97. The molecule has 0 aromatic carbocycles. The van der Waals surface area contributed by atoms with E-state index in [4.69, 9.17) is 0 Å². The molecule has 3 heteroatoms. The van der Waals surface area contributed by atoms with Gasteiger partial charge in [0.25, 0.3) is 0 Å². The molecule has 0 saturated heterocycles. The minimum atomic E-state index is -0.525. The van der Waals surface area contributed by atoms with Crippen molar-refractivity contribution < 1.29 is 15.0 Å². The smallest absolute Gasteiger partial charge is 0.141 e. The summed E-state index contributed by atoms with van der Waals surface area (Å²) >= 11 is 0. The second-order valence-electron chi connectivity index (χ2n) is 14.4. The first kappa shape index (κ1) is 24.0. The fraction of sp³-hybridized carbons (Fsp3) is 0.900. The lowest BCUT2D eigenvalue weighted by atomic mass is 9.32. The quantitative estimate of drug-likeness (QED) is 0.488. The molecule has 10 atom stereocenters. The van der Waals surface area contributed by atoms with Crippen LogP contribution in [0.1, 0.15) is 99.3 Å². The lowest BCUT2D eigenvalue weighted by Gasteiger charge is -2.73. The van der Waals surface area contributed by atoms with Crippen LogP contribution in [-0.2, 0) is 4.79 Å². The van der Waals surface area contributed by atoms with Gasteiger partial charge >= 0.3 is 0 Å². The minimum Gasteiger partial charge on any atom is -0.396 e. The summed E-state index contributed by atoms with van der Waals surface area (Å²) in [7, 11) is 0. The summed E-state index contributed by atoms with van der Waals surface area (Å²) in [5.41, 5.74) is 1.20. The molecule has 0 radical (unpaired) electrons. The van der Waals surface area contributed by atoms with Crippen LogP contribution in [0.15, 0.2) is 12.2 Å². The summed E-state index contributed by atoms with van der Waals surface area (Å²) < 4.78 is 0. The molecule has 0 aromatic heterocycles. The van der Waals surface area contributed by atoms with Crippen molar-refractivity contribution in [1.29, 1.82) is 0 Å². The molecule has 186 valence electrons. The lowest BCUT2D eigenvalue weighted by molar-refractivity contribution is -0.256. The van der Waals surface area contributed by atoms with E-state index in [1.54, 1.807) is 0 Å². The Labute approximate surface area is 201 Å². The Morgan fingerprint density at radius 1 is 0.939 bits per heavy atom. The van der Waals surface area contributed by atoms with Crippen molar-refractivity contribution in [2.24, 2.45) is 56.7 Å². The van der Waals surface area contributed by atoms with Crippen molar-refractivity contribution in [3.8, 4) is 0 Å². The molecule has 0 heterocycles. The number of aliphatic hydroxyl groups is 2. The third kappa shape index (κ3) is 2.73. The normalized spacial score (nSPS) is 55.2. The van der Waals surface area contributed by atoms with Gasteiger partial charge in [-0.1, -0.05) is 46.8 Å². The van der Waals surface area contributed by atoms with Crippen LogP contribution in [0.25, 0.3) is 0 Å². The van der Waals surface area contributed by atoms with Gasteiger partial charge in [0, 0.05) is 23.9 Å². The van der Waals surface area contributed by atoms with E-state index in [9.17, 15) is 15.0 Å². The SMILES string of the molecule is C=C(C)C1CCC2(CO)CCC3(C)C(CCC4C5(C)C(O)CC(=O)C(C)(C)C5CCC43C)C12. The zero-order chi connectivity index (χ0) is 24.2. The maximum absolute atomic E-state index is 13.0. The summed E-state index contributed by atoms with van der Waals surface area (Å²) in [4.78, 5) is 13.0. The number of ketones is 1. The van der Waals surface area contributed by atoms with Gasteiger partial charge in [0.2, 0.25) is 0 Å². The van der Waals surface area contributed by atoms with E-state index < -0.39 is 6.10 Å². The first-order valence-electron chi connectivity index (χ1n) is 13.8. The lowest BCUT2D eigenvalue weighted by Crippen LogP contribution is -2.69. The predicted octanol–water partition coefficient (Wildman–Crippen LogP) is 6.18. The van der Waals surface area contributed by atoms with E-state index in [0.717, 1.165) is 32.1 Å². The van der Waals surface area contributed by atoms with Crippen LogP contribution in [0.5, 0.6) is 0 Å². The molecule has 5 aliphatic carbocycles. The molecule has 0 aromatic rings. The number of hydrogen-bond donors (Lipinski definition) is 2. The number of aliphatic hydroxyl groups excluding tert-OH is 2. The van der Waals surface area contributed by atoms with E-state index in [2.05, 4.69) is 48.1 Å². The van der Waals surface area contributed by atoms with Gasteiger partial charge in [-0.3, -0.25) is 4.79 Å². The van der Waals surface area contributed by atoms with Crippen molar-refractivity contribution in [2.45, 2.75) is 105 Å². The summed E-state index contributed by atoms with van der Waals surface area (Å²) in [5, 5.41) is 22.1. The van der Waals surface area contributed by atoms with E-state index in [1.807, 2.05) is 0 Å². The van der Waals surface area contributed by atoms with Gasteiger partial charge in [0.1, 0.15) is 5.78 Å². The number of allylic oxidation sites excluding steroid dienone is 1. The Balaban J connectivity index is 1.58. The minimum absolute atomic E-state index is 0.0802. The number of carbonyl (C=O) groups excluding carboxylic acids is 1. The van der Waals surface area contributed by atoms with Gasteiger partial charge in [-0.15, -0.1) is 0 Å². The maximum Gasteiger partial charge on any atom is 0.141 e. The number of fused-ring (bicyclic) bond motifs is 7. The molecule has 33 heavy (non-hydrogen) atoms. The van der Waals surface area contributed by atoms with Crippen LogP contribution in [0.4, 0.5) is 0 Å². The molecule has 5 fully saturated rings. The highest BCUT2D eigenvalue weighted by molar-refractivity contribution is 5.86. The Hall–Kier alpha value is -0.670. The average Bonchev–Trinajstić information content (AvgIpc) is 3.14. The second-order valence-corrected chi connectivity index (χ2v) is 14.4. The highest BCUT2D eigenvalue weighted by Crippen LogP contribution is 2.77. The molecule has 0 amide bonds. The van der Waals surface area contributed by atoms with Gasteiger partial charge in [0.15, 0.2) is 0 Å². The Morgan fingerprint density at radius 3 is 2.27 bits per heavy atom. The molecule has 10 unspecified atom stereocenters.